The van der Waals surface area contributed by atoms with E-state index < -0.39 is 9.04 Å². The highest BCUT2D eigenvalue weighted by atomic mass is 28.3. The second-order valence-corrected chi connectivity index (χ2v) is 3.34. The first-order chi connectivity index (χ1) is 3.27. The predicted octanol–water partition coefficient (Wildman–Crippen LogP) is 1.28. The number of hydrogen-bond acceptors (Lipinski definition) is 0. The van der Waals surface area contributed by atoms with Crippen molar-refractivity contribution in [3.63, 3.8) is 0 Å². The molecule has 0 bridgehead atoms. The minimum absolute atomic E-state index is 1.000. The van der Waals surface area contributed by atoms with Gasteiger partial charge in [0, 0.05) is 0 Å². The Morgan fingerprint density at radius 2 is 2.29 bits per heavy atom. The van der Waals surface area contributed by atoms with Crippen LogP contribution in [0.25, 0.3) is 0 Å². The molecule has 7 heavy (non-hydrogen) atoms. The molecular formula is C5H11OSi. The zero-order chi connectivity index (χ0) is 5.70. The Morgan fingerprint density at radius 3 is 2.43 bits per heavy atom. The van der Waals surface area contributed by atoms with Gasteiger partial charge >= 0.3 is 0 Å². The highest BCUT2D eigenvalue weighted by molar-refractivity contribution is 6.54. The van der Waals surface area contributed by atoms with Crippen LogP contribution in [0.2, 0.25) is 6.55 Å². The number of allylic oxidation sites excluding steroid dienone is 1. The molecule has 0 aliphatic carbocycles. The molecule has 0 saturated heterocycles. The SMILES string of the molecule is CC/C=C/[SiH](C)[O]. The monoisotopic (exact) mass is 115 g/mol. The summed E-state index contributed by atoms with van der Waals surface area (Å²) in [7, 11) is -1.62. The average Bonchev–Trinajstić information content (AvgIpc) is 1.61. The lowest BCUT2D eigenvalue weighted by atomic mass is 10.5. The first kappa shape index (κ1) is 6.92. The minimum atomic E-state index is -1.62. The maximum absolute atomic E-state index is 10.3. The molecule has 0 aliphatic rings. The highest BCUT2D eigenvalue weighted by Gasteiger charge is 1.88. The zero-order valence-corrected chi connectivity index (χ0v) is 6.00. The summed E-state index contributed by atoms with van der Waals surface area (Å²) in [5.41, 5.74) is 1.81. The summed E-state index contributed by atoms with van der Waals surface area (Å²) in [5.74, 6) is 0. The van der Waals surface area contributed by atoms with E-state index in [1.165, 1.54) is 0 Å². The van der Waals surface area contributed by atoms with Crippen LogP contribution in [0, 0.1) is 0 Å². The van der Waals surface area contributed by atoms with Gasteiger partial charge in [0.15, 0.2) is 0 Å². The van der Waals surface area contributed by atoms with Crippen molar-refractivity contribution < 1.29 is 4.80 Å². The smallest absolute Gasteiger partial charge is 0.242 e. The molecule has 1 atom stereocenters. The third-order valence-electron chi connectivity index (χ3n) is 0.643. The second-order valence-electron chi connectivity index (χ2n) is 1.54. The van der Waals surface area contributed by atoms with E-state index in [2.05, 4.69) is 0 Å². The lowest BCUT2D eigenvalue weighted by Gasteiger charge is -1.82. The first-order valence-electron chi connectivity index (χ1n) is 2.60. The Labute approximate surface area is 46.4 Å². The third-order valence-corrected chi connectivity index (χ3v) is 1.46. The van der Waals surface area contributed by atoms with Gasteiger partial charge in [0.2, 0.25) is 9.04 Å². The molecule has 0 aromatic carbocycles. The standard InChI is InChI=1S/C5H11OSi/c1-3-4-5-7(2)6/h4-5,7H,3H2,1-2H3/b5-4+. The van der Waals surface area contributed by atoms with Crippen molar-refractivity contribution in [1.82, 2.24) is 0 Å². The van der Waals surface area contributed by atoms with Crippen molar-refractivity contribution in [2.45, 2.75) is 19.9 Å². The molecule has 0 aromatic rings. The molecule has 0 aromatic heterocycles. The summed E-state index contributed by atoms with van der Waals surface area (Å²) < 4.78 is 0. The van der Waals surface area contributed by atoms with Crippen molar-refractivity contribution in [2.24, 2.45) is 0 Å². The summed E-state index contributed by atoms with van der Waals surface area (Å²) >= 11 is 0. The van der Waals surface area contributed by atoms with Crippen LogP contribution in [0.1, 0.15) is 13.3 Å². The second kappa shape index (κ2) is 4.09. The fourth-order valence-electron chi connectivity index (χ4n) is 0.328. The summed E-state index contributed by atoms with van der Waals surface area (Å²) in [5, 5.41) is 0. The van der Waals surface area contributed by atoms with E-state index in [9.17, 15) is 4.80 Å². The summed E-state index contributed by atoms with van der Waals surface area (Å²) in [6, 6.07) is 0. The molecule has 1 nitrogen and oxygen atoms in total. The molecule has 0 amide bonds. The van der Waals surface area contributed by atoms with Crippen LogP contribution in [0.3, 0.4) is 0 Å². The number of rotatable bonds is 2. The van der Waals surface area contributed by atoms with Gasteiger partial charge in [-0.25, -0.2) is 0 Å². The van der Waals surface area contributed by atoms with Gasteiger partial charge in [-0.3, -0.25) is 4.80 Å². The van der Waals surface area contributed by atoms with Crippen molar-refractivity contribution in [3.8, 4) is 0 Å². The fraction of sp³-hybridized carbons (Fsp3) is 0.600. The quantitative estimate of drug-likeness (QED) is 0.483. The minimum Gasteiger partial charge on any atom is -0.297 e. The Kier molecular flexibility index (Phi) is 4.04. The van der Waals surface area contributed by atoms with Gasteiger partial charge in [-0.15, -0.1) is 0 Å². The molecule has 0 fully saturated rings. The van der Waals surface area contributed by atoms with Gasteiger partial charge in [0.25, 0.3) is 0 Å². The molecule has 2 heteroatoms. The zero-order valence-electron chi connectivity index (χ0n) is 4.85. The summed E-state index contributed by atoms with van der Waals surface area (Å²) in [4.78, 5) is 10.3. The molecular weight excluding hydrogens is 104 g/mol. The summed E-state index contributed by atoms with van der Waals surface area (Å²) in [6.45, 7) is 3.80. The van der Waals surface area contributed by atoms with E-state index in [1.807, 2.05) is 13.0 Å². The van der Waals surface area contributed by atoms with Crippen molar-refractivity contribution in [1.29, 1.82) is 0 Å². The normalized spacial score (nSPS) is 15.3. The number of hydrogen-bond donors (Lipinski definition) is 0. The van der Waals surface area contributed by atoms with Crippen LogP contribution in [0.5, 0.6) is 0 Å². The van der Waals surface area contributed by atoms with E-state index in [1.54, 1.807) is 12.2 Å². The van der Waals surface area contributed by atoms with Crippen LogP contribution in [-0.2, 0) is 4.80 Å². The first-order valence-corrected chi connectivity index (χ1v) is 4.89. The molecule has 0 heterocycles. The Morgan fingerprint density at radius 1 is 1.71 bits per heavy atom. The third kappa shape index (κ3) is 5.92. The lowest BCUT2D eigenvalue weighted by molar-refractivity contribution is 0.464. The maximum Gasteiger partial charge on any atom is 0.242 e. The van der Waals surface area contributed by atoms with Gasteiger partial charge in [0.1, 0.15) is 0 Å². The largest absolute Gasteiger partial charge is 0.297 e. The highest BCUT2D eigenvalue weighted by Crippen LogP contribution is 1.81. The molecule has 1 radical (unpaired) electrons. The van der Waals surface area contributed by atoms with Crippen LogP contribution < -0.4 is 0 Å². The van der Waals surface area contributed by atoms with Crippen molar-refractivity contribution in [3.05, 3.63) is 11.8 Å². The average molecular weight is 115 g/mol. The summed E-state index contributed by atoms with van der Waals surface area (Å²) in [6.07, 6.45) is 2.95. The van der Waals surface area contributed by atoms with E-state index >= 15 is 0 Å². The van der Waals surface area contributed by atoms with E-state index in [0.29, 0.717) is 0 Å². The van der Waals surface area contributed by atoms with Crippen LogP contribution in [-0.4, -0.2) is 9.04 Å². The Balaban J connectivity index is 3.08. The van der Waals surface area contributed by atoms with E-state index in [4.69, 9.17) is 0 Å². The van der Waals surface area contributed by atoms with Crippen LogP contribution in [0.4, 0.5) is 0 Å². The molecule has 0 spiro atoms. The fourth-order valence-corrected chi connectivity index (χ4v) is 0.983. The van der Waals surface area contributed by atoms with Crippen LogP contribution >= 0.6 is 0 Å². The van der Waals surface area contributed by atoms with E-state index in [-0.39, 0.29) is 0 Å². The Hall–Kier alpha value is -0.0831. The topological polar surface area (TPSA) is 19.9 Å². The lowest BCUT2D eigenvalue weighted by Crippen LogP contribution is -1.95. The van der Waals surface area contributed by atoms with Gasteiger partial charge in [-0.2, -0.15) is 0 Å². The molecule has 1 unspecified atom stereocenters. The van der Waals surface area contributed by atoms with Gasteiger partial charge in [0.05, 0.1) is 0 Å². The molecule has 41 valence electrons. The van der Waals surface area contributed by atoms with Crippen molar-refractivity contribution in [2.75, 3.05) is 0 Å². The van der Waals surface area contributed by atoms with Gasteiger partial charge in [-0.05, 0) is 13.0 Å². The van der Waals surface area contributed by atoms with Gasteiger partial charge in [-0.1, -0.05) is 18.7 Å². The van der Waals surface area contributed by atoms with Gasteiger partial charge < -0.3 is 0 Å². The van der Waals surface area contributed by atoms with Crippen molar-refractivity contribution >= 4 is 9.04 Å². The van der Waals surface area contributed by atoms with E-state index in [0.717, 1.165) is 6.42 Å². The molecule has 0 rings (SSSR count). The van der Waals surface area contributed by atoms with Crippen LogP contribution in [0.15, 0.2) is 11.8 Å². The molecule has 0 aliphatic heterocycles. The predicted molar refractivity (Wildman–Crippen MR) is 33.1 cm³/mol. The molecule has 0 N–H and O–H groups in total. The Bertz CT molecular complexity index is 59.1. The maximum atomic E-state index is 10.3. The molecule has 0 saturated carbocycles.